The molecule has 3 heteroatoms. The van der Waals surface area contributed by atoms with Crippen molar-refractivity contribution in [3.05, 3.63) is 0 Å². The molecule has 1 saturated heterocycles. The summed E-state index contributed by atoms with van der Waals surface area (Å²) in [6.07, 6.45) is 11.3. The molecule has 1 aliphatic heterocycles. The van der Waals surface area contributed by atoms with Crippen LogP contribution in [0.5, 0.6) is 0 Å². The monoisotopic (exact) mass is 266 g/mol. The van der Waals surface area contributed by atoms with E-state index in [-0.39, 0.29) is 5.41 Å². The van der Waals surface area contributed by atoms with Crippen LogP contribution in [0.25, 0.3) is 0 Å². The number of aldehydes is 1. The minimum absolute atomic E-state index is 0.0454. The Hall–Kier alpha value is -0.410. The first kappa shape index (κ1) is 15.0. The first-order chi connectivity index (χ1) is 9.24. The van der Waals surface area contributed by atoms with Crippen LogP contribution in [-0.2, 0) is 4.79 Å². The van der Waals surface area contributed by atoms with Crippen molar-refractivity contribution in [3.8, 4) is 0 Å². The van der Waals surface area contributed by atoms with Gasteiger partial charge in [0.05, 0.1) is 0 Å². The summed E-state index contributed by atoms with van der Waals surface area (Å²) in [4.78, 5) is 16.5. The van der Waals surface area contributed by atoms with Gasteiger partial charge in [-0.25, -0.2) is 0 Å². The van der Waals surface area contributed by atoms with Crippen molar-refractivity contribution in [3.63, 3.8) is 0 Å². The Morgan fingerprint density at radius 1 is 1.05 bits per heavy atom. The summed E-state index contributed by atoms with van der Waals surface area (Å²) in [5.41, 5.74) is -0.0454. The lowest BCUT2D eigenvalue weighted by molar-refractivity contribution is -0.118. The zero-order valence-corrected chi connectivity index (χ0v) is 12.6. The van der Waals surface area contributed by atoms with Gasteiger partial charge in [-0.2, -0.15) is 0 Å². The van der Waals surface area contributed by atoms with Gasteiger partial charge >= 0.3 is 0 Å². The Balaban J connectivity index is 1.77. The molecule has 0 aromatic carbocycles. The van der Waals surface area contributed by atoms with Crippen LogP contribution in [0.1, 0.15) is 51.4 Å². The smallest absolute Gasteiger partial charge is 0.127 e. The van der Waals surface area contributed by atoms with Gasteiger partial charge in [0.1, 0.15) is 6.29 Å². The maximum Gasteiger partial charge on any atom is 0.127 e. The summed E-state index contributed by atoms with van der Waals surface area (Å²) < 4.78 is 0. The molecule has 0 aromatic rings. The molecule has 2 rings (SSSR count). The van der Waals surface area contributed by atoms with Crippen LogP contribution >= 0.6 is 0 Å². The van der Waals surface area contributed by atoms with E-state index in [2.05, 4.69) is 16.8 Å². The number of hydrogen-bond donors (Lipinski definition) is 0. The second-order valence-corrected chi connectivity index (χ2v) is 6.68. The van der Waals surface area contributed by atoms with Crippen molar-refractivity contribution >= 4 is 6.29 Å². The second kappa shape index (κ2) is 7.39. The van der Waals surface area contributed by atoms with Crippen molar-refractivity contribution in [1.82, 2.24) is 9.80 Å². The maximum absolute atomic E-state index is 11.6. The Labute approximate surface area is 118 Å². The highest BCUT2D eigenvalue weighted by atomic mass is 16.1. The molecule has 0 N–H and O–H groups in total. The molecule has 0 aromatic heterocycles. The first-order valence-corrected chi connectivity index (χ1v) is 8.11. The SMILES string of the molecule is CN(CCN1CCCC1)CC1(C=O)CCCCCC1. The molecule has 2 aliphatic rings. The number of likely N-dealkylation sites (tertiary alicyclic amines) is 1. The minimum atomic E-state index is -0.0454. The van der Waals surface area contributed by atoms with Gasteiger partial charge in [0.25, 0.3) is 0 Å². The number of rotatable bonds is 6. The summed E-state index contributed by atoms with van der Waals surface area (Å²) in [6.45, 7) is 5.78. The molecular formula is C16H30N2O. The van der Waals surface area contributed by atoms with Crippen molar-refractivity contribution in [1.29, 1.82) is 0 Å². The zero-order valence-electron chi connectivity index (χ0n) is 12.6. The van der Waals surface area contributed by atoms with E-state index in [1.165, 1.54) is 64.4 Å². The molecule has 0 amide bonds. The second-order valence-electron chi connectivity index (χ2n) is 6.68. The van der Waals surface area contributed by atoms with Gasteiger partial charge in [0.15, 0.2) is 0 Å². The molecule has 2 fully saturated rings. The average Bonchev–Trinajstić information content (AvgIpc) is 2.83. The Morgan fingerprint density at radius 3 is 2.26 bits per heavy atom. The van der Waals surface area contributed by atoms with E-state index in [9.17, 15) is 4.79 Å². The molecule has 1 aliphatic carbocycles. The molecule has 0 atom stereocenters. The van der Waals surface area contributed by atoms with Gasteiger partial charge < -0.3 is 14.6 Å². The normalized spacial score (nSPS) is 24.5. The fraction of sp³-hybridized carbons (Fsp3) is 0.938. The third kappa shape index (κ3) is 4.57. The molecule has 0 radical (unpaired) electrons. The largest absolute Gasteiger partial charge is 0.304 e. The molecule has 0 spiro atoms. The zero-order chi connectivity index (χ0) is 13.6. The molecule has 19 heavy (non-hydrogen) atoms. The van der Waals surface area contributed by atoms with Gasteiger partial charge in [-0.3, -0.25) is 0 Å². The predicted molar refractivity (Wildman–Crippen MR) is 79.4 cm³/mol. The summed E-state index contributed by atoms with van der Waals surface area (Å²) >= 11 is 0. The molecule has 0 unspecified atom stereocenters. The van der Waals surface area contributed by atoms with Crippen molar-refractivity contribution in [2.75, 3.05) is 39.8 Å². The lowest BCUT2D eigenvalue weighted by Gasteiger charge is -2.32. The lowest BCUT2D eigenvalue weighted by atomic mass is 9.81. The predicted octanol–water partition coefficient (Wildman–Crippen LogP) is 2.55. The van der Waals surface area contributed by atoms with Crippen molar-refractivity contribution in [2.24, 2.45) is 5.41 Å². The molecule has 1 saturated carbocycles. The molecule has 1 heterocycles. The highest BCUT2D eigenvalue weighted by molar-refractivity contribution is 5.59. The third-order valence-corrected chi connectivity index (χ3v) is 4.93. The number of carbonyl (C=O) groups is 1. The quantitative estimate of drug-likeness (QED) is 0.545. The summed E-state index contributed by atoms with van der Waals surface area (Å²) in [5, 5.41) is 0. The average molecular weight is 266 g/mol. The van der Waals surface area contributed by atoms with E-state index < -0.39 is 0 Å². The standard InChI is InChI=1S/C16H30N2O/c1-17(12-13-18-10-6-7-11-18)14-16(15-19)8-4-2-3-5-9-16/h15H,2-14H2,1H3. The van der Waals surface area contributed by atoms with Crippen LogP contribution in [0, 0.1) is 5.41 Å². The third-order valence-electron chi connectivity index (χ3n) is 4.93. The van der Waals surface area contributed by atoms with Crippen LogP contribution in [0.4, 0.5) is 0 Å². The molecule has 110 valence electrons. The highest BCUT2D eigenvalue weighted by Gasteiger charge is 2.31. The van der Waals surface area contributed by atoms with Gasteiger partial charge in [-0.05, 0) is 45.8 Å². The van der Waals surface area contributed by atoms with Gasteiger partial charge in [-0.1, -0.05) is 25.7 Å². The van der Waals surface area contributed by atoms with Gasteiger partial charge in [-0.15, -0.1) is 0 Å². The summed E-state index contributed by atoms with van der Waals surface area (Å²) in [7, 11) is 2.19. The van der Waals surface area contributed by atoms with E-state index in [1.807, 2.05) is 0 Å². The highest BCUT2D eigenvalue weighted by Crippen LogP contribution is 2.33. The van der Waals surface area contributed by atoms with Crippen LogP contribution in [0.15, 0.2) is 0 Å². The van der Waals surface area contributed by atoms with E-state index in [0.29, 0.717) is 0 Å². The first-order valence-electron chi connectivity index (χ1n) is 8.11. The Kier molecular flexibility index (Phi) is 5.83. The summed E-state index contributed by atoms with van der Waals surface area (Å²) in [5.74, 6) is 0. The molecule has 0 bridgehead atoms. The Bertz CT molecular complexity index is 266. The fourth-order valence-electron chi connectivity index (χ4n) is 3.68. The Morgan fingerprint density at radius 2 is 1.68 bits per heavy atom. The van der Waals surface area contributed by atoms with Crippen LogP contribution in [-0.4, -0.2) is 55.9 Å². The molecule has 3 nitrogen and oxygen atoms in total. The van der Waals surface area contributed by atoms with Crippen LogP contribution < -0.4 is 0 Å². The minimum Gasteiger partial charge on any atom is -0.304 e. The summed E-state index contributed by atoms with van der Waals surface area (Å²) in [6, 6.07) is 0. The van der Waals surface area contributed by atoms with Crippen molar-refractivity contribution in [2.45, 2.75) is 51.4 Å². The van der Waals surface area contributed by atoms with E-state index in [4.69, 9.17) is 0 Å². The van der Waals surface area contributed by atoms with E-state index in [0.717, 1.165) is 25.9 Å². The number of hydrogen-bond acceptors (Lipinski definition) is 3. The topological polar surface area (TPSA) is 23.6 Å². The van der Waals surface area contributed by atoms with Crippen molar-refractivity contribution < 1.29 is 4.79 Å². The van der Waals surface area contributed by atoms with E-state index >= 15 is 0 Å². The fourth-order valence-corrected chi connectivity index (χ4v) is 3.68. The van der Waals surface area contributed by atoms with Gasteiger partial charge in [0, 0.05) is 25.0 Å². The van der Waals surface area contributed by atoms with Crippen LogP contribution in [0.3, 0.4) is 0 Å². The maximum atomic E-state index is 11.6. The lowest BCUT2D eigenvalue weighted by Crippen LogP contribution is -2.40. The van der Waals surface area contributed by atoms with Gasteiger partial charge in [0.2, 0.25) is 0 Å². The number of nitrogens with zero attached hydrogens (tertiary/aromatic N) is 2. The number of carbonyl (C=O) groups excluding carboxylic acids is 1. The molecular weight excluding hydrogens is 236 g/mol. The number of likely N-dealkylation sites (N-methyl/N-ethyl adjacent to an activating group) is 1. The van der Waals surface area contributed by atoms with Crippen LogP contribution in [0.2, 0.25) is 0 Å². The van der Waals surface area contributed by atoms with E-state index in [1.54, 1.807) is 0 Å².